The van der Waals surface area contributed by atoms with E-state index >= 15 is 0 Å². The van der Waals surface area contributed by atoms with Gasteiger partial charge in [0.1, 0.15) is 10.0 Å². The summed E-state index contributed by atoms with van der Waals surface area (Å²) in [6, 6.07) is 1.21. The predicted molar refractivity (Wildman–Crippen MR) is 73.6 cm³/mol. The Morgan fingerprint density at radius 2 is 2.00 bits per heavy atom. The molecule has 0 bridgehead atoms. The van der Waals surface area contributed by atoms with Crippen LogP contribution in [-0.2, 0) is 10.0 Å². The van der Waals surface area contributed by atoms with Crippen molar-refractivity contribution in [3.8, 4) is 0 Å². The highest BCUT2D eigenvalue weighted by molar-refractivity contribution is 7.89. The van der Waals surface area contributed by atoms with Crippen molar-refractivity contribution in [1.29, 1.82) is 0 Å². The number of nitrogens with zero attached hydrogens (tertiary/aromatic N) is 2. The first-order valence-electron chi connectivity index (χ1n) is 5.63. The summed E-state index contributed by atoms with van der Waals surface area (Å²) < 4.78 is 26.2. The third-order valence-corrected chi connectivity index (χ3v) is 5.12. The van der Waals surface area contributed by atoms with Gasteiger partial charge in [-0.15, -0.1) is 0 Å². The number of hydrogen-bond acceptors (Lipinski definition) is 3. The van der Waals surface area contributed by atoms with Crippen LogP contribution in [0.25, 0.3) is 0 Å². The van der Waals surface area contributed by atoms with Crippen molar-refractivity contribution < 1.29 is 8.42 Å². The van der Waals surface area contributed by atoms with Crippen LogP contribution in [0, 0.1) is 0 Å². The Bertz CT molecular complexity index is 518. The largest absolute Gasteiger partial charge is 0.244 e. The minimum Gasteiger partial charge on any atom is -0.242 e. The van der Waals surface area contributed by atoms with Crippen LogP contribution in [0.3, 0.4) is 0 Å². The maximum Gasteiger partial charge on any atom is 0.244 e. The topological polar surface area (TPSA) is 50.3 Å². The Morgan fingerprint density at radius 1 is 1.39 bits per heavy atom. The SMILES string of the molecule is CCCN(C(C)C)S(=O)(=O)c1cnc(Cl)c(Cl)c1. The summed E-state index contributed by atoms with van der Waals surface area (Å²) in [7, 11) is -3.57. The van der Waals surface area contributed by atoms with E-state index in [1.807, 2.05) is 20.8 Å². The van der Waals surface area contributed by atoms with Crippen molar-refractivity contribution in [2.45, 2.75) is 38.1 Å². The molecule has 0 aromatic carbocycles. The molecule has 0 saturated heterocycles. The zero-order chi connectivity index (χ0) is 13.9. The lowest BCUT2D eigenvalue weighted by molar-refractivity contribution is 0.354. The van der Waals surface area contributed by atoms with Crippen LogP contribution >= 0.6 is 23.2 Å². The van der Waals surface area contributed by atoms with Gasteiger partial charge in [0.2, 0.25) is 10.0 Å². The summed E-state index contributed by atoms with van der Waals surface area (Å²) in [6.45, 7) is 6.05. The molecule has 0 radical (unpaired) electrons. The van der Waals surface area contributed by atoms with Crippen LogP contribution in [0.15, 0.2) is 17.2 Å². The van der Waals surface area contributed by atoms with Gasteiger partial charge in [-0.05, 0) is 26.3 Å². The van der Waals surface area contributed by atoms with Crippen LogP contribution in [0.1, 0.15) is 27.2 Å². The lowest BCUT2D eigenvalue weighted by Crippen LogP contribution is -2.37. The fourth-order valence-corrected chi connectivity index (χ4v) is 3.59. The Morgan fingerprint density at radius 3 is 2.44 bits per heavy atom. The van der Waals surface area contributed by atoms with Crippen LogP contribution < -0.4 is 0 Å². The van der Waals surface area contributed by atoms with Crippen molar-refractivity contribution in [2.75, 3.05) is 6.54 Å². The van der Waals surface area contributed by atoms with Gasteiger partial charge in [0.15, 0.2) is 0 Å². The number of sulfonamides is 1. The molecule has 1 aromatic heterocycles. The standard InChI is InChI=1S/C11H16Cl2N2O2S/c1-4-5-15(8(2)3)18(16,17)9-6-10(12)11(13)14-7-9/h6-8H,4-5H2,1-3H3. The van der Waals surface area contributed by atoms with Gasteiger partial charge in [-0.1, -0.05) is 30.1 Å². The molecule has 0 atom stereocenters. The Kier molecular flexibility index (Phi) is 5.40. The van der Waals surface area contributed by atoms with Gasteiger partial charge in [0, 0.05) is 18.8 Å². The summed E-state index contributed by atoms with van der Waals surface area (Å²) in [6.07, 6.45) is 1.97. The highest BCUT2D eigenvalue weighted by Gasteiger charge is 2.27. The lowest BCUT2D eigenvalue weighted by atomic mass is 10.4. The van der Waals surface area contributed by atoms with Crippen LogP contribution in [-0.4, -0.2) is 30.3 Å². The van der Waals surface area contributed by atoms with Gasteiger partial charge in [-0.25, -0.2) is 13.4 Å². The Labute approximate surface area is 118 Å². The minimum absolute atomic E-state index is 0.0686. The fraction of sp³-hybridized carbons (Fsp3) is 0.545. The first-order chi connectivity index (χ1) is 8.30. The van der Waals surface area contributed by atoms with Crippen molar-refractivity contribution in [2.24, 2.45) is 0 Å². The fourth-order valence-electron chi connectivity index (χ4n) is 1.56. The highest BCUT2D eigenvalue weighted by atomic mass is 35.5. The molecule has 1 heterocycles. The van der Waals surface area contributed by atoms with Gasteiger partial charge in [-0.2, -0.15) is 4.31 Å². The van der Waals surface area contributed by atoms with E-state index < -0.39 is 10.0 Å². The molecular formula is C11H16Cl2N2O2S. The summed E-state index contributed by atoms with van der Waals surface area (Å²) in [4.78, 5) is 3.84. The van der Waals surface area contributed by atoms with E-state index in [2.05, 4.69) is 4.98 Å². The number of rotatable bonds is 5. The molecule has 1 rings (SSSR count). The second-order valence-corrected chi connectivity index (χ2v) is 6.81. The molecule has 1 aromatic rings. The molecule has 102 valence electrons. The first-order valence-corrected chi connectivity index (χ1v) is 7.83. The maximum absolute atomic E-state index is 12.4. The molecule has 0 amide bonds. The molecule has 0 spiro atoms. The van der Waals surface area contributed by atoms with Crippen molar-refractivity contribution >= 4 is 33.2 Å². The van der Waals surface area contributed by atoms with Gasteiger partial charge in [0.25, 0.3) is 0 Å². The summed E-state index contributed by atoms with van der Waals surface area (Å²) in [5.74, 6) is 0. The van der Waals surface area contributed by atoms with E-state index in [4.69, 9.17) is 23.2 Å². The van der Waals surface area contributed by atoms with Gasteiger partial charge in [0.05, 0.1) is 5.02 Å². The smallest absolute Gasteiger partial charge is 0.242 e. The molecule has 4 nitrogen and oxygen atoms in total. The molecule has 0 N–H and O–H groups in total. The van der Waals surface area contributed by atoms with E-state index in [1.165, 1.54) is 16.6 Å². The molecule has 0 aliphatic heterocycles. The molecule has 0 unspecified atom stereocenters. The average Bonchev–Trinajstić information content (AvgIpc) is 2.28. The molecule has 7 heteroatoms. The number of halogens is 2. The number of hydrogen-bond donors (Lipinski definition) is 0. The zero-order valence-corrected chi connectivity index (χ0v) is 12.8. The third-order valence-electron chi connectivity index (χ3n) is 2.40. The van der Waals surface area contributed by atoms with Crippen molar-refractivity contribution in [3.05, 3.63) is 22.4 Å². The summed E-state index contributed by atoms with van der Waals surface area (Å²) in [5, 5.41) is 0.236. The van der Waals surface area contributed by atoms with Crippen LogP contribution in [0.4, 0.5) is 0 Å². The van der Waals surface area contributed by atoms with Gasteiger partial charge < -0.3 is 0 Å². The maximum atomic E-state index is 12.4. The normalized spacial score (nSPS) is 12.4. The van der Waals surface area contributed by atoms with E-state index in [0.717, 1.165) is 6.42 Å². The third kappa shape index (κ3) is 3.35. The summed E-state index contributed by atoms with van der Waals surface area (Å²) in [5.41, 5.74) is 0. The van der Waals surface area contributed by atoms with Crippen LogP contribution in [0.5, 0.6) is 0 Å². The van der Waals surface area contributed by atoms with Crippen molar-refractivity contribution in [3.63, 3.8) is 0 Å². The second-order valence-electron chi connectivity index (χ2n) is 4.15. The lowest BCUT2D eigenvalue weighted by Gasteiger charge is -2.25. The Hall–Kier alpha value is -0.360. The van der Waals surface area contributed by atoms with E-state index in [1.54, 1.807) is 0 Å². The van der Waals surface area contributed by atoms with Gasteiger partial charge >= 0.3 is 0 Å². The molecule has 0 fully saturated rings. The average molecular weight is 311 g/mol. The molecule has 0 saturated carbocycles. The molecule has 18 heavy (non-hydrogen) atoms. The summed E-state index contributed by atoms with van der Waals surface area (Å²) >= 11 is 11.5. The van der Waals surface area contributed by atoms with Gasteiger partial charge in [-0.3, -0.25) is 0 Å². The minimum atomic E-state index is -3.57. The van der Waals surface area contributed by atoms with Crippen molar-refractivity contribution in [1.82, 2.24) is 9.29 Å². The molecule has 0 aliphatic rings. The number of pyridine rings is 1. The number of aromatic nitrogens is 1. The highest BCUT2D eigenvalue weighted by Crippen LogP contribution is 2.25. The zero-order valence-electron chi connectivity index (χ0n) is 10.5. The second kappa shape index (κ2) is 6.19. The van der Waals surface area contributed by atoms with E-state index in [-0.39, 0.29) is 21.1 Å². The van der Waals surface area contributed by atoms with Crippen LogP contribution in [0.2, 0.25) is 10.2 Å². The predicted octanol–water partition coefficient (Wildman–Crippen LogP) is 3.20. The van der Waals surface area contributed by atoms with E-state index in [9.17, 15) is 8.42 Å². The Balaban J connectivity index is 3.22. The van der Waals surface area contributed by atoms with E-state index in [0.29, 0.717) is 6.54 Å². The molecular weight excluding hydrogens is 295 g/mol. The first kappa shape index (κ1) is 15.7. The molecule has 0 aliphatic carbocycles. The quantitative estimate of drug-likeness (QED) is 0.785. The monoisotopic (exact) mass is 310 g/mol.